The van der Waals surface area contributed by atoms with Gasteiger partial charge in [0.15, 0.2) is 0 Å². The fourth-order valence-electron chi connectivity index (χ4n) is 1.26. The van der Waals surface area contributed by atoms with Gasteiger partial charge >= 0.3 is 0 Å². The third kappa shape index (κ3) is 9.59. The summed E-state index contributed by atoms with van der Waals surface area (Å²) < 4.78 is 12.3. The molecule has 0 aromatic heterocycles. The van der Waals surface area contributed by atoms with E-state index in [-0.39, 0.29) is 0 Å². The average molecular weight is 419 g/mol. The molecule has 0 N–H and O–H groups in total. The second-order valence-corrected chi connectivity index (χ2v) is 23.5. The van der Waals surface area contributed by atoms with Crippen molar-refractivity contribution < 1.29 is 4.21 Å². The SMILES string of the molecule is CCCC[C@@H](CC)CS(=O)S(=S)(=S)SSSSS. The van der Waals surface area contributed by atoms with Crippen molar-refractivity contribution in [3.05, 3.63) is 0 Å². The Morgan fingerprint density at radius 3 is 2.50 bits per heavy atom. The standard InChI is InChI=1S/C8H18OS9/c1-3-5-6-8(4-2)7-17(9)18(11,12)16-15-14-13-10/h8,10H,3-7H2,1-2H3/t8-,17?/m1/s1. The van der Waals surface area contributed by atoms with Gasteiger partial charge in [-0.25, -0.2) is 4.21 Å². The third-order valence-electron chi connectivity index (χ3n) is 2.31. The number of thiol groups is 1. The van der Waals surface area contributed by atoms with Crippen LogP contribution < -0.4 is 0 Å². The zero-order chi connectivity index (χ0) is 14.0. The lowest BCUT2D eigenvalue weighted by atomic mass is 10.0. The van der Waals surface area contributed by atoms with E-state index in [9.17, 15) is 4.21 Å². The number of unbranched alkanes of at least 4 members (excludes halogenated alkanes) is 1. The Bertz CT molecular complexity index is 325. The highest BCUT2D eigenvalue weighted by Gasteiger charge is 2.18. The first-order chi connectivity index (χ1) is 8.47. The number of hydrogen-bond acceptors (Lipinski definition) is 8. The lowest BCUT2D eigenvalue weighted by molar-refractivity contribution is 0.496. The summed E-state index contributed by atoms with van der Waals surface area (Å²) in [4.78, 5) is 0. The van der Waals surface area contributed by atoms with Gasteiger partial charge in [-0.15, -0.1) is 0 Å². The Balaban J connectivity index is 4.26. The first kappa shape index (κ1) is 20.7. The largest absolute Gasteiger partial charge is 0.247 e. The van der Waals surface area contributed by atoms with Crippen LogP contribution in [0.1, 0.15) is 39.5 Å². The first-order valence-corrected chi connectivity index (χ1v) is 17.1. The van der Waals surface area contributed by atoms with Crippen molar-refractivity contribution in [3.63, 3.8) is 0 Å². The smallest absolute Gasteiger partial charge is 0.0982 e. The van der Waals surface area contributed by atoms with Crippen LogP contribution in [-0.4, -0.2) is 9.96 Å². The molecule has 0 amide bonds. The summed E-state index contributed by atoms with van der Waals surface area (Å²) >= 11 is 14.7. The molecule has 0 heterocycles. The summed E-state index contributed by atoms with van der Waals surface area (Å²) in [5.41, 5.74) is 0. The highest BCUT2D eigenvalue weighted by molar-refractivity contribution is 9.48. The van der Waals surface area contributed by atoms with Crippen LogP contribution in [0.4, 0.5) is 0 Å². The van der Waals surface area contributed by atoms with Gasteiger partial charge in [0, 0.05) is 25.4 Å². The van der Waals surface area contributed by atoms with Crippen molar-refractivity contribution in [2.45, 2.75) is 39.5 Å². The molecule has 0 aromatic rings. The molecule has 0 radical (unpaired) electrons. The quantitative estimate of drug-likeness (QED) is 0.272. The van der Waals surface area contributed by atoms with Gasteiger partial charge in [0.05, 0.1) is 15.0 Å². The predicted molar refractivity (Wildman–Crippen MR) is 108 cm³/mol. The number of hydrogen-bond donors (Lipinski definition) is 1. The zero-order valence-corrected chi connectivity index (χ0v) is 17.7. The average Bonchev–Trinajstić information content (AvgIpc) is 2.34. The van der Waals surface area contributed by atoms with Crippen molar-refractivity contribution in [1.82, 2.24) is 0 Å². The molecule has 1 nitrogen and oxygen atoms in total. The van der Waals surface area contributed by atoms with Crippen LogP contribution in [0.25, 0.3) is 0 Å². The molecule has 0 bridgehead atoms. The van der Waals surface area contributed by atoms with Crippen molar-refractivity contribution in [3.8, 4) is 0 Å². The second kappa shape index (κ2) is 12.3. The van der Waals surface area contributed by atoms with E-state index in [0.717, 1.165) is 12.8 Å². The highest BCUT2D eigenvalue weighted by atomic mass is 34.0. The van der Waals surface area contributed by atoms with E-state index < -0.39 is 15.0 Å². The second-order valence-electron chi connectivity index (χ2n) is 3.57. The molecule has 0 rings (SSSR count). The highest BCUT2D eigenvalue weighted by Crippen LogP contribution is 2.48. The normalized spacial score (nSPS) is 15.5. The molecule has 0 aliphatic carbocycles. The number of rotatable bonds is 11. The minimum atomic E-state index is -1.91. The van der Waals surface area contributed by atoms with Crippen LogP contribution in [0, 0.1) is 5.92 Å². The molecule has 0 aliphatic rings. The van der Waals surface area contributed by atoms with E-state index in [1.807, 2.05) is 0 Å². The maximum absolute atomic E-state index is 12.3. The fourth-order valence-corrected chi connectivity index (χ4v) is 21.3. The van der Waals surface area contributed by atoms with Crippen molar-refractivity contribution in [2.24, 2.45) is 5.92 Å². The molecular formula is C8H18OS9. The Morgan fingerprint density at radius 1 is 1.33 bits per heavy atom. The minimum absolute atomic E-state index is 0.501. The van der Waals surface area contributed by atoms with Gasteiger partial charge in [0.2, 0.25) is 0 Å². The third-order valence-corrected chi connectivity index (χ3v) is 22.9. The van der Waals surface area contributed by atoms with Crippen LogP contribution in [0.2, 0.25) is 0 Å². The molecule has 0 aromatic carbocycles. The Kier molecular flexibility index (Phi) is 14.1. The lowest BCUT2D eigenvalue weighted by Crippen LogP contribution is -2.14. The molecular weight excluding hydrogens is 401 g/mol. The Labute approximate surface area is 142 Å². The van der Waals surface area contributed by atoms with Crippen molar-refractivity contribution in [1.29, 1.82) is 0 Å². The summed E-state index contributed by atoms with van der Waals surface area (Å²) in [5.74, 6) is 1.17. The van der Waals surface area contributed by atoms with E-state index in [1.54, 1.807) is 0 Å². The Morgan fingerprint density at radius 2 is 2.00 bits per heavy atom. The molecule has 0 saturated heterocycles. The van der Waals surface area contributed by atoms with E-state index in [2.05, 4.69) is 25.5 Å². The summed E-state index contributed by atoms with van der Waals surface area (Å²) in [7, 11) is 4.71. The minimum Gasteiger partial charge on any atom is -0.247 e. The molecule has 0 aliphatic heterocycles. The molecule has 0 saturated carbocycles. The van der Waals surface area contributed by atoms with E-state index in [4.69, 9.17) is 22.4 Å². The molecule has 1 unspecified atom stereocenters. The topological polar surface area (TPSA) is 17.1 Å². The van der Waals surface area contributed by atoms with Crippen LogP contribution in [0.15, 0.2) is 0 Å². The van der Waals surface area contributed by atoms with Crippen molar-refractivity contribution >= 4 is 88.4 Å². The fraction of sp³-hybridized carbons (Fsp3) is 1.00. The van der Waals surface area contributed by atoms with Gasteiger partial charge in [-0.05, 0) is 54.4 Å². The lowest BCUT2D eigenvalue weighted by Gasteiger charge is -2.15. The predicted octanol–water partition coefficient (Wildman–Crippen LogP) is 5.38. The van der Waals surface area contributed by atoms with Crippen LogP contribution in [0.3, 0.4) is 0 Å². The molecule has 10 heteroatoms. The van der Waals surface area contributed by atoms with Gasteiger partial charge in [-0.3, -0.25) is 0 Å². The molecule has 110 valence electrons. The molecule has 0 spiro atoms. The summed E-state index contributed by atoms with van der Waals surface area (Å²) in [6.45, 7) is 4.33. The van der Waals surface area contributed by atoms with Crippen molar-refractivity contribution in [2.75, 3.05) is 5.75 Å². The van der Waals surface area contributed by atoms with Crippen LogP contribution >= 0.6 is 51.0 Å². The first-order valence-electron chi connectivity index (χ1n) is 5.44. The van der Waals surface area contributed by atoms with E-state index >= 15 is 0 Å². The maximum atomic E-state index is 12.3. The van der Waals surface area contributed by atoms with E-state index in [1.165, 1.54) is 52.1 Å². The van der Waals surface area contributed by atoms with Gasteiger partial charge in [-0.1, -0.05) is 44.8 Å². The molecule has 18 heavy (non-hydrogen) atoms. The van der Waals surface area contributed by atoms with E-state index in [0.29, 0.717) is 11.7 Å². The van der Waals surface area contributed by atoms with Crippen LogP contribution in [0.5, 0.6) is 0 Å². The molecule has 2 atom stereocenters. The monoisotopic (exact) mass is 418 g/mol. The zero-order valence-electron chi connectivity index (χ0n) is 10.2. The van der Waals surface area contributed by atoms with Crippen LogP contribution in [-0.2, 0) is 37.4 Å². The summed E-state index contributed by atoms with van der Waals surface area (Å²) in [5, 5.41) is -1.91. The van der Waals surface area contributed by atoms with Gasteiger partial charge in [0.1, 0.15) is 0 Å². The maximum Gasteiger partial charge on any atom is 0.0982 e. The van der Waals surface area contributed by atoms with Gasteiger partial charge < -0.3 is 0 Å². The summed E-state index contributed by atoms with van der Waals surface area (Å²) in [6, 6.07) is 0. The van der Waals surface area contributed by atoms with Gasteiger partial charge in [-0.2, -0.15) is 0 Å². The molecule has 0 fully saturated rings. The Hall–Kier alpha value is 2.69. The summed E-state index contributed by atoms with van der Waals surface area (Å²) in [6.07, 6.45) is 4.58. The van der Waals surface area contributed by atoms with Gasteiger partial charge in [0.25, 0.3) is 0 Å².